The SMILES string of the molecule is Cc1nn(-c2ccc(F)cc2)c(C)c1C(=O)Nc1nc2c(s1)CN(C(=O)OC(C)(C)C)CC2. The number of fused-ring (bicyclic) bond motifs is 1. The van der Waals surface area contributed by atoms with E-state index in [0.29, 0.717) is 47.3 Å². The van der Waals surface area contributed by atoms with Crippen LogP contribution >= 0.6 is 11.3 Å². The molecule has 10 heteroatoms. The van der Waals surface area contributed by atoms with Crippen molar-refractivity contribution >= 4 is 28.5 Å². The first-order chi connectivity index (χ1) is 15.5. The van der Waals surface area contributed by atoms with Crippen LogP contribution in [0.3, 0.4) is 0 Å². The fourth-order valence-electron chi connectivity index (χ4n) is 3.70. The highest BCUT2D eigenvalue weighted by atomic mass is 32.1. The zero-order chi connectivity index (χ0) is 23.9. The van der Waals surface area contributed by atoms with E-state index in [1.54, 1.807) is 35.6 Å². The van der Waals surface area contributed by atoms with Gasteiger partial charge in [0.25, 0.3) is 5.91 Å². The van der Waals surface area contributed by atoms with Crippen molar-refractivity contribution in [2.45, 2.75) is 53.2 Å². The van der Waals surface area contributed by atoms with Gasteiger partial charge in [-0.25, -0.2) is 18.9 Å². The molecule has 0 radical (unpaired) electrons. The summed E-state index contributed by atoms with van der Waals surface area (Å²) in [4.78, 5) is 32.6. The Kier molecular flexibility index (Phi) is 5.96. The molecule has 1 aliphatic rings. The van der Waals surface area contributed by atoms with Crippen LogP contribution in [-0.2, 0) is 17.7 Å². The van der Waals surface area contributed by atoms with Gasteiger partial charge >= 0.3 is 6.09 Å². The van der Waals surface area contributed by atoms with E-state index in [9.17, 15) is 14.0 Å². The van der Waals surface area contributed by atoms with Gasteiger partial charge < -0.3 is 9.64 Å². The minimum atomic E-state index is -0.557. The molecule has 0 saturated heterocycles. The molecule has 0 fully saturated rings. The van der Waals surface area contributed by atoms with E-state index in [4.69, 9.17) is 4.74 Å². The summed E-state index contributed by atoms with van der Waals surface area (Å²) in [5.74, 6) is -0.648. The third kappa shape index (κ3) is 4.90. The molecule has 0 bridgehead atoms. The number of hydrogen-bond donors (Lipinski definition) is 1. The number of halogens is 1. The molecule has 33 heavy (non-hydrogen) atoms. The Bertz CT molecular complexity index is 1210. The van der Waals surface area contributed by atoms with Crippen LogP contribution in [0.25, 0.3) is 5.69 Å². The van der Waals surface area contributed by atoms with Gasteiger partial charge in [-0.1, -0.05) is 11.3 Å². The molecule has 3 aromatic rings. The number of anilines is 1. The summed E-state index contributed by atoms with van der Waals surface area (Å²) in [5.41, 5.74) is 2.65. The van der Waals surface area contributed by atoms with Crippen LogP contribution in [-0.4, -0.2) is 43.8 Å². The molecular weight excluding hydrogens is 445 g/mol. The maximum absolute atomic E-state index is 13.3. The minimum absolute atomic E-state index is 0.312. The fraction of sp³-hybridized carbons (Fsp3) is 0.391. The van der Waals surface area contributed by atoms with Crippen LogP contribution in [0.15, 0.2) is 24.3 Å². The van der Waals surface area contributed by atoms with Gasteiger partial charge in [0, 0.05) is 17.8 Å². The third-order valence-corrected chi connectivity index (χ3v) is 6.19. The predicted octanol–water partition coefficient (Wildman–Crippen LogP) is 4.63. The first-order valence-electron chi connectivity index (χ1n) is 10.6. The number of aromatic nitrogens is 3. The maximum Gasteiger partial charge on any atom is 0.410 e. The average Bonchev–Trinajstić information content (AvgIpc) is 3.26. The lowest BCUT2D eigenvalue weighted by atomic mass is 10.2. The van der Waals surface area contributed by atoms with E-state index >= 15 is 0 Å². The highest BCUT2D eigenvalue weighted by molar-refractivity contribution is 7.15. The van der Waals surface area contributed by atoms with Crippen molar-refractivity contribution in [1.82, 2.24) is 19.7 Å². The number of carbonyl (C=O) groups is 2. The Hall–Kier alpha value is -3.27. The summed E-state index contributed by atoms with van der Waals surface area (Å²) in [6.45, 7) is 9.98. The summed E-state index contributed by atoms with van der Waals surface area (Å²) >= 11 is 1.35. The summed E-state index contributed by atoms with van der Waals surface area (Å²) < 4.78 is 20.4. The number of amides is 2. The van der Waals surface area contributed by atoms with E-state index in [1.165, 1.54) is 23.5 Å². The number of carbonyl (C=O) groups excluding carboxylic acids is 2. The Morgan fingerprint density at radius 2 is 1.88 bits per heavy atom. The number of ether oxygens (including phenoxy) is 1. The summed E-state index contributed by atoms with van der Waals surface area (Å²) in [6, 6.07) is 5.93. The lowest BCUT2D eigenvalue weighted by Gasteiger charge is -2.29. The monoisotopic (exact) mass is 471 g/mol. The van der Waals surface area contributed by atoms with Gasteiger partial charge in [0.15, 0.2) is 5.13 Å². The lowest BCUT2D eigenvalue weighted by molar-refractivity contribution is 0.0225. The number of benzene rings is 1. The van der Waals surface area contributed by atoms with Crippen LogP contribution in [0.1, 0.15) is 53.1 Å². The highest BCUT2D eigenvalue weighted by Gasteiger charge is 2.28. The van der Waals surface area contributed by atoms with Crippen molar-refractivity contribution in [2.24, 2.45) is 0 Å². The molecule has 2 aromatic heterocycles. The lowest BCUT2D eigenvalue weighted by Crippen LogP contribution is -2.39. The zero-order valence-corrected chi connectivity index (χ0v) is 20.0. The van der Waals surface area contributed by atoms with Gasteiger partial charge in [-0.15, -0.1) is 0 Å². The van der Waals surface area contributed by atoms with E-state index in [-0.39, 0.29) is 17.8 Å². The van der Waals surface area contributed by atoms with Gasteiger partial charge in [-0.05, 0) is 58.9 Å². The van der Waals surface area contributed by atoms with Crippen molar-refractivity contribution in [3.63, 3.8) is 0 Å². The highest BCUT2D eigenvalue weighted by Crippen LogP contribution is 2.30. The number of rotatable bonds is 3. The second kappa shape index (κ2) is 8.58. The molecule has 0 spiro atoms. The van der Waals surface area contributed by atoms with Gasteiger partial charge in [0.1, 0.15) is 11.4 Å². The zero-order valence-electron chi connectivity index (χ0n) is 19.2. The van der Waals surface area contributed by atoms with Crippen LogP contribution in [0.4, 0.5) is 14.3 Å². The molecule has 1 N–H and O–H groups in total. The topological polar surface area (TPSA) is 89.4 Å². The quantitative estimate of drug-likeness (QED) is 0.602. The summed E-state index contributed by atoms with van der Waals surface area (Å²) in [6.07, 6.45) is 0.244. The van der Waals surface area contributed by atoms with Crippen LogP contribution in [0, 0.1) is 19.7 Å². The Labute approximate surface area is 195 Å². The molecule has 0 aliphatic carbocycles. The van der Waals surface area contributed by atoms with Gasteiger partial charge in [0.2, 0.25) is 0 Å². The number of nitrogens with one attached hydrogen (secondary N) is 1. The minimum Gasteiger partial charge on any atom is -0.444 e. The third-order valence-electron chi connectivity index (χ3n) is 5.19. The van der Waals surface area contributed by atoms with E-state index in [2.05, 4.69) is 15.4 Å². The maximum atomic E-state index is 13.3. The normalized spacial score (nSPS) is 13.6. The van der Waals surface area contributed by atoms with Crippen LogP contribution in [0.5, 0.6) is 0 Å². The molecule has 8 nitrogen and oxygen atoms in total. The second-order valence-electron chi connectivity index (χ2n) is 8.93. The van der Waals surface area contributed by atoms with Crippen LogP contribution < -0.4 is 5.32 Å². The smallest absolute Gasteiger partial charge is 0.410 e. The first-order valence-corrected chi connectivity index (χ1v) is 11.4. The van der Waals surface area contributed by atoms with Crippen molar-refractivity contribution < 1.29 is 18.7 Å². The Balaban J connectivity index is 1.50. The van der Waals surface area contributed by atoms with E-state index in [0.717, 1.165) is 10.6 Å². The molecule has 1 aliphatic heterocycles. The summed E-state index contributed by atoms with van der Waals surface area (Å²) in [5, 5.41) is 7.80. The largest absolute Gasteiger partial charge is 0.444 e. The molecule has 4 rings (SSSR count). The van der Waals surface area contributed by atoms with Crippen molar-refractivity contribution in [2.75, 3.05) is 11.9 Å². The number of thiazole rings is 1. The number of hydrogen-bond acceptors (Lipinski definition) is 6. The number of nitrogens with zero attached hydrogens (tertiary/aromatic N) is 4. The van der Waals surface area contributed by atoms with E-state index < -0.39 is 5.60 Å². The van der Waals surface area contributed by atoms with Gasteiger partial charge in [-0.2, -0.15) is 5.10 Å². The van der Waals surface area contributed by atoms with Crippen molar-refractivity contribution in [3.8, 4) is 5.69 Å². The summed E-state index contributed by atoms with van der Waals surface area (Å²) in [7, 11) is 0. The van der Waals surface area contributed by atoms with E-state index in [1.807, 2.05) is 20.8 Å². The molecule has 3 heterocycles. The molecule has 0 atom stereocenters. The molecule has 0 unspecified atom stereocenters. The first kappa shape index (κ1) is 22.9. The van der Waals surface area contributed by atoms with Gasteiger partial charge in [0.05, 0.1) is 34.9 Å². The van der Waals surface area contributed by atoms with Crippen LogP contribution in [0.2, 0.25) is 0 Å². The fourth-order valence-corrected chi connectivity index (χ4v) is 4.71. The average molecular weight is 472 g/mol. The number of aryl methyl sites for hydroxylation is 1. The second-order valence-corrected chi connectivity index (χ2v) is 10.0. The molecular formula is C23H26FN5O3S. The molecule has 0 saturated carbocycles. The molecule has 1 aromatic carbocycles. The van der Waals surface area contributed by atoms with Crippen molar-refractivity contribution in [3.05, 3.63) is 57.6 Å². The standard InChI is InChI=1S/C23H26FN5O3S/c1-13-19(14(2)29(27-13)16-8-6-15(24)7-9-16)20(30)26-21-25-17-10-11-28(12-18(17)33-21)22(31)32-23(3,4)5/h6-9H,10-12H2,1-5H3,(H,25,26,30). The molecule has 174 valence electrons. The Morgan fingerprint density at radius 1 is 1.18 bits per heavy atom. The Morgan fingerprint density at radius 3 is 2.55 bits per heavy atom. The van der Waals surface area contributed by atoms with Crippen molar-refractivity contribution in [1.29, 1.82) is 0 Å². The van der Waals surface area contributed by atoms with Gasteiger partial charge in [-0.3, -0.25) is 10.1 Å². The predicted molar refractivity (Wildman–Crippen MR) is 123 cm³/mol. The molecule has 2 amide bonds.